The van der Waals surface area contributed by atoms with Crippen LogP contribution in [0.15, 0.2) is 47.9 Å². The van der Waals surface area contributed by atoms with E-state index in [1.54, 1.807) is 18.5 Å². The second-order valence-electron chi connectivity index (χ2n) is 7.16. The lowest BCUT2D eigenvalue weighted by atomic mass is 9.78. The van der Waals surface area contributed by atoms with E-state index in [9.17, 15) is 4.39 Å². The molecule has 2 heterocycles. The molecular weight excluding hydrogens is 385 g/mol. The molecule has 1 atom stereocenters. The molecular formula is C22H22FN5O2. The summed E-state index contributed by atoms with van der Waals surface area (Å²) in [5, 5.41) is 13.3. The number of nitrogens with two attached hydrogens (primary N) is 1. The molecule has 0 unspecified atom stereocenters. The number of aliphatic hydroxyl groups excluding tert-OH is 1. The van der Waals surface area contributed by atoms with E-state index in [1.165, 1.54) is 12.1 Å². The molecule has 1 aliphatic carbocycles. The zero-order valence-corrected chi connectivity index (χ0v) is 16.5. The largest absolute Gasteiger partial charge is 0.393 e. The Morgan fingerprint density at radius 3 is 2.90 bits per heavy atom. The molecule has 3 aromatic rings. The summed E-state index contributed by atoms with van der Waals surface area (Å²) in [6.07, 6.45) is 4.58. The van der Waals surface area contributed by atoms with Gasteiger partial charge in [-0.15, -0.1) is 0 Å². The van der Waals surface area contributed by atoms with Crippen LogP contribution >= 0.6 is 0 Å². The zero-order chi connectivity index (χ0) is 21.1. The van der Waals surface area contributed by atoms with Crippen molar-refractivity contribution in [2.45, 2.75) is 25.7 Å². The highest BCUT2D eigenvalue weighted by atomic mass is 19.1. The van der Waals surface area contributed by atoms with Gasteiger partial charge in [-0.25, -0.2) is 14.4 Å². The van der Waals surface area contributed by atoms with E-state index in [2.05, 4.69) is 20.1 Å². The van der Waals surface area contributed by atoms with Crippen molar-refractivity contribution in [3.63, 3.8) is 0 Å². The van der Waals surface area contributed by atoms with Crippen molar-refractivity contribution in [2.24, 2.45) is 5.16 Å². The normalized spacial score (nSPS) is 17.0. The Hall–Kier alpha value is -3.39. The van der Waals surface area contributed by atoms with Crippen LogP contribution in [0.1, 0.15) is 34.9 Å². The SMILES string of the molecule is Cc1nc(N)nc2c1C(=NOCCO)C[C@@H](c1ccc(F)cc1-c1cccnc1)C2. The van der Waals surface area contributed by atoms with Gasteiger partial charge >= 0.3 is 0 Å². The second-order valence-corrected chi connectivity index (χ2v) is 7.16. The Labute approximate surface area is 173 Å². The predicted molar refractivity (Wildman–Crippen MR) is 111 cm³/mol. The molecule has 4 rings (SSSR count). The highest BCUT2D eigenvalue weighted by Gasteiger charge is 2.30. The van der Waals surface area contributed by atoms with Crippen molar-refractivity contribution < 1.29 is 14.3 Å². The lowest BCUT2D eigenvalue weighted by molar-refractivity contribution is 0.0981. The van der Waals surface area contributed by atoms with Crippen LogP contribution in [0, 0.1) is 12.7 Å². The van der Waals surface area contributed by atoms with Gasteiger partial charge in [-0.3, -0.25) is 4.98 Å². The summed E-state index contributed by atoms with van der Waals surface area (Å²) in [5.74, 6) is -0.121. The molecule has 0 saturated heterocycles. The first-order valence-electron chi connectivity index (χ1n) is 9.69. The van der Waals surface area contributed by atoms with E-state index in [4.69, 9.17) is 15.7 Å². The Kier molecular flexibility index (Phi) is 5.67. The van der Waals surface area contributed by atoms with Gasteiger partial charge in [0.1, 0.15) is 12.4 Å². The number of anilines is 1. The second kappa shape index (κ2) is 8.54. The quantitative estimate of drug-likeness (QED) is 0.497. The molecule has 1 aliphatic rings. The number of nitrogens with zero attached hydrogens (tertiary/aromatic N) is 4. The van der Waals surface area contributed by atoms with Crippen LogP contribution in [0.4, 0.5) is 10.3 Å². The van der Waals surface area contributed by atoms with Crippen molar-refractivity contribution in [1.82, 2.24) is 15.0 Å². The Morgan fingerprint density at radius 1 is 1.27 bits per heavy atom. The molecule has 1 aromatic carbocycles. The summed E-state index contributed by atoms with van der Waals surface area (Å²) < 4.78 is 14.1. The number of hydrogen-bond donors (Lipinski definition) is 2. The summed E-state index contributed by atoms with van der Waals surface area (Å²) in [6, 6.07) is 8.53. The summed E-state index contributed by atoms with van der Waals surface area (Å²) in [6.45, 7) is 1.82. The first-order valence-corrected chi connectivity index (χ1v) is 9.69. The molecule has 0 spiro atoms. The van der Waals surface area contributed by atoms with Crippen molar-refractivity contribution >= 4 is 11.7 Å². The average molecular weight is 407 g/mol. The Balaban J connectivity index is 1.80. The van der Waals surface area contributed by atoms with E-state index in [0.717, 1.165) is 33.6 Å². The molecule has 3 N–H and O–H groups in total. The summed E-state index contributed by atoms with van der Waals surface area (Å²) >= 11 is 0. The minimum atomic E-state index is -0.309. The molecule has 30 heavy (non-hydrogen) atoms. The Bertz CT molecular complexity index is 1090. The average Bonchev–Trinajstić information content (AvgIpc) is 2.73. The maximum Gasteiger partial charge on any atom is 0.220 e. The number of fused-ring (bicyclic) bond motifs is 1. The van der Waals surface area contributed by atoms with Crippen LogP contribution in [-0.4, -0.2) is 39.0 Å². The van der Waals surface area contributed by atoms with Crippen LogP contribution in [-0.2, 0) is 11.3 Å². The Morgan fingerprint density at radius 2 is 2.13 bits per heavy atom. The van der Waals surface area contributed by atoms with Gasteiger partial charge in [0.2, 0.25) is 5.95 Å². The van der Waals surface area contributed by atoms with Crippen LogP contribution in [0.2, 0.25) is 0 Å². The van der Waals surface area contributed by atoms with E-state index in [-0.39, 0.29) is 30.9 Å². The number of aryl methyl sites for hydroxylation is 1. The molecule has 0 radical (unpaired) electrons. The number of hydrogen-bond acceptors (Lipinski definition) is 7. The summed E-state index contributed by atoms with van der Waals surface area (Å²) in [7, 11) is 0. The number of aliphatic hydroxyl groups is 1. The molecule has 7 nitrogen and oxygen atoms in total. The number of pyridine rings is 1. The number of oxime groups is 1. The minimum absolute atomic E-state index is 0.0153. The van der Waals surface area contributed by atoms with Crippen LogP contribution in [0.5, 0.6) is 0 Å². The molecule has 0 fully saturated rings. The summed E-state index contributed by atoms with van der Waals surface area (Å²) in [5.41, 5.74) is 11.5. The molecule has 0 aliphatic heterocycles. The van der Waals surface area contributed by atoms with Gasteiger partial charge < -0.3 is 15.7 Å². The maximum absolute atomic E-state index is 14.1. The van der Waals surface area contributed by atoms with Crippen molar-refractivity contribution in [1.29, 1.82) is 0 Å². The number of aromatic nitrogens is 3. The van der Waals surface area contributed by atoms with Gasteiger partial charge in [0, 0.05) is 29.9 Å². The zero-order valence-electron chi connectivity index (χ0n) is 16.5. The monoisotopic (exact) mass is 407 g/mol. The predicted octanol–water partition coefficient (Wildman–Crippen LogP) is 3.01. The van der Waals surface area contributed by atoms with Crippen molar-refractivity contribution in [2.75, 3.05) is 18.9 Å². The van der Waals surface area contributed by atoms with Crippen LogP contribution in [0.25, 0.3) is 11.1 Å². The van der Waals surface area contributed by atoms with E-state index in [1.807, 2.05) is 19.1 Å². The molecule has 0 bridgehead atoms. The fourth-order valence-corrected chi connectivity index (χ4v) is 3.94. The van der Waals surface area contributed by atoms with E-state index in [0.29, 0.717) is 18.6 Å². The van der Waals surface area contributed by atoms with Crippen LogP contribution < -0.4 is 5.73 Å². The number of rotatable bonds is 5. The van der Waals surface area contributed by atoms with Crippen LogP contribution in [0.3, 0.4) is 0 Å². The van der Waals surface area contributed by atoms with Gasteiger partial charge in [0.05, 0.1) is 23.7 Å². The fourth-order valence-electron chi connectivity index (χ4n) is 3.94. The first kappa shape index (κ1) is 19.9. The first-order chi connectivity index (χ1) is 14.6. The third kappa shape index (κ3) is 3.99. The summed E-state index contributed by atoms with van der Waals surface area (Å²) in [4.78, 5) is 18.1. The number of nitrogen functional groups attached to an aromatic ring is 1. The highest BCUT2D eigenvalue weighted by Crippen LogP contribution is 2.38. The van der Waals surface area contributed by atoms with E-state index >= 15 is 0 Å². The van der Waals surface area contributed by atoms with Gasteiger partial charge in [0.15, 0.2) is 0 Å². The molecule has 2 aromatic heterocycles. The van der Waals surface area contributed by atoms with Gasteiger partial charge in [-0.1, -0.05) is 17.3 Å². The van der Waals surface area contributed by atoms with E-state index < -0.39 is 0 Å². The van der Waals surface area contributed by atoms with Gasteiger partial charge in [-0.2, -0.15) is 0 Å². The lowest BCUT2D eigenvalue weighted by Crippen LogP contribution is -2.24. The molecule has 154 valence electrons. The lowest BCUT2D eigenvalue weighted by Gasteiger charge is -2.28. The molecule has 0 amide bonds. The van der Waals surface area contributed by atoms with Gasteiger partial charge in [0.25, 0.3) is 0 Å². The third-order valence-electron chi connectivity index (χ3n) is 5.14. The molecule has 8 heteroatoms. The topological polar surface area (TPSA) is 107 Å². The van der Waals surface area contributed by atoms with Crippen molar-refractivity contribution in [3.8, 4) is 11.1 Å². The standard InChI is InChI=1S/C22H22FN5O2/c1-13-21-19(27-22(24)26-13)9-15(10-20(21)28-30-8-7-29)17-5-4-16(23)11-18(17)14-3-2-6-25-12-14/h2-6,11-12,15,29H,7-10H2,1H3,(H2,24,26,27)/t15-/m0/s1. The third-order valence-corrected chi connectivity index (χ3v) is 5.14. The number of benzene rings is 1. The maximum atomic E-state index is 14.1. The molecule has 0 saturated carbocycles. The minimum Gasteiger partial charge on any atom is -0.393 e. The van der Waals surface area contributed by atoms with Crippen molar-refractivity contribution in [3.05, 3.63) is 71.1 Å². The van der Waals surface area contributed by atoms with Gasteiger partial charge in [-0.05, 0) is 48.6 Å². The highest BCUT2D eigenvalue weighted by molar-refractivity contribution is 6.03. The number of halogens is 1. The fraction of sp³-hybridized carbons (Fsp3) is 0.273. The smallest absolute Gasteiger partial charge is 0.220 e.